The third-order valence-corrected chi connectivity index (χ3v) is 3.63. The number of carbonyl (C=O) groups is 1. The molecule has 3 aromatic rings. The van der Waals surface area contributed by atoms with Gasteiger partial charge >= 0.3 is 0 Å². The van der Waals surface area contributed by atoms with Gasteiger partial charge in [-0.05, 0) is 42.5 Å². The maximum atomic E-state index is 12.2. The van der Waals surface area contributed by atoms with Crippen LogP contribution in [0.2, 0.25) is 0 Å². The van der Waals surface area contributed by atoms with Gasteiger partial charge in [-0.1, -0.05) is 22.0 Å². The first-order valence-electron chi connectivity index (χ1n) is 7.00. The van der Waals surface area contributed by atoms with Gasteiger partial charge in [0.1, 0.15) is 11.6 Å². The van der Waals surface area contributed by atoms with Crippen molar-refractivity contribution in [3.8, 4) is 0 Å². The van der Waals surface area contributed by atoms with Gasteiger partial charge in [0.2, 0.25) is 0 Å². The minimum atomic E-state index is -0.201. The highest BCUT2D eigenvalue weighted by molar-refractivity contribution is 9.10. The van der Waals surface area contributed by atoms with Gasteiger partial charge in [0, 0.05) is 16.4 Å². The third kappa shape index (κ3) is 4.20. The SMILES string of the molecule is O=C(Nc1cccc(Br)c1)c1ccc(NCc2ccco2)nc1. The van der Waals surface area contributed by atoms with Crippen LogP contribution in [-0.4, -0.2) is 10.9 Å². The standard InChI is InChI=1S/C17H14BrN3O2/c18-13-3-1-4-14(9-13)21-17(22)12-6-7-16(19-10-12)20-11-15-5-2-8-23-15/h1-10H,11H2,(H,19,20)(H,21,22). The summed E-state index contributed by atoms with van der Waals surface area (Å²) in [5.74, 6) is 1.30. The molecule has 0 aliphatic carbocycles. The normalized spacial score (nSPS) is 10.3. The Balaban J connectivity index is 1.61. The summed E-state index contributed by atoms with van der Waals surface area (Å²) < 4.78 is 6.14. The molecule has 1 amide bonds. The van der Waals surface area contributed by atoms with Crippen LogP contribution in [0.5, 0.6) is 0 Å². The number of rotatable bonds is 5. The van der Waals surface area contributed by atoms with Crippen LogP contribution in [0.4, 0.5) is 11.5 Å². The average Bonchev–Trinajstić information content (AvgIpc) is 3.07. The quantitative estimate of drug-likeness (QED) is 0.701. The maximum absolute atomic E-state index is 12.2. The lowest BCUT2D eigenvalue weighted by atomic mass is 10.2. The third-order valence-electron chi connectivity index (χ3n) is 3.13. The van der Waals surface area contributed by atoms with Gasteiger partial charge in [-0.3, -0.25) is 4.79 Å². The zero-order valence-electron chi connectivity index (χ0n) is 12.1. The molecule has 0 atom stereocenters. The second kappa shape index (κ2) is 7.11. The summed E-state index contributed by atoms with van der Waals surface area (Å²) in [6.07, 6.45) is 3.16. The topological polar surface area (TPSA) is 67.2 Å². The molecule has 23 heavy (non-hydrogen) atoms. The molecule has 3 rings (SSSR count). The van der Waals surface area contributed by atoms with Gasteiger partial charge in [-0.2, -0.15) is 0 Å². The number of anilines is 2. The van der Waals surface area contributed by atoms with Crippen LogP contribution in [0.1, 0.15) is 16.1 Å². The van der Waals surface area contributed by atoms with E-state index in [0.717, 1.165) is 15.9 Å². The minimum absolute atomic E-state index is 0.201. The summed E-state index contributed by atoms with van der Waals surface area (Å²) in [6.45, 7) is 0.545. The Bertz CT molecular complexity index is 786. The van der Waals surface area contributed by atoms with Crippen LogP contribution >= 0.6 is 15.9 Å². The number of amides is 1. The Labute approximate surface area is 141 Å². The molecule has 5 nitrogen and oxygen atoms in total. The summed E-state index contributed by atoms with van der Waals surface area (Å²) in [7, 11) is 0. The highest BCUT2D eigenvalue weighted by Crippen LogP contribution is 2.16. The summed E-state index contributed by atoms with van der Waals surface area (Å²) in [5.41, 5.74) is 1.22. The molecule has 2 aromatic heterocycles. The molecular weight excluding hydrogens is 358 g/mol. The van der Waals surface area contributed by atoms with Gasteiger partial charge in [0.25, 0.3) is 5.91 Å². The Kier molecular flexibility index (Phi) is 4.73. The van der Waals surface area contributed by atoms with E-state index in [1.165, 1.54) is 6.20 Å². The van der Waals surface area contributed by atoms with Crippen molar-refractivity contribution in [2.75, 3.05) is 10.6 Å². The van der Waals surface area contributed by atoms with Crippen molar-refractivity contribution in [1.29, 1.82) is 0 Å². The van der Waals surface area contributed by atoms with Crippen molar-refractivity contribution in [3.63, 3.8) is 0 Å². The zero-order chi connectivity index (χ0) is 16.1. The zero-order valence-corrected chi connectivity index (χ0v) is 13.7. The van der Waals surface area contributed by atoms with E-state index < -0.39 is 0 Å². The molecule has 0 saturated heterocycles. The minimum Gasteiger partial charge on any atom is -0.467 e. The molecule has 116 valence electrons. The Hall–Kier alpha value is -2.60. The number of nitrogens with one attached hydrogen (secondary N) is 2. The molecule has 0 fully saturated rings. The molecular formula is C17H14BrN3O2. The number of carbonyl (C=O) groups excluding carboxylic acids is 1. The predicted octanol–water partition coefficient (Wildman–Crippen LogP) is 4.30. The lowest BCUT2D eigenvalue weighted by Gasteiger charge is -2.07. The van der Waals surface area contributed by atoms with Gasteiger partial charge < -0.3 is 15.1 Å². The fraction of sp³-hybridized carbons (Fsp3) is 0.0588. The second-order valence-electron chi connectivity index (χ2n) is 4.83. The highest BCUT2D eigenvalue weighted by atomic mass is 79.9. The van der Waals surface area contributed by atoms with Gasteiger partial charge in [0.15, 0.2) is 0 Å². The van der Waals surface area contributed by atoms with Crippen molar-refractivity contribution in [2.24, 2.45) is 0 Å². The van der Waals surface area contributed by atoms with E-state index in [-0.39, 0.29) is 5.91 Å². The number of aromatic nitrogens is 1. The van der Waals surface area contributed by atoms with E-state index in [2.05, 4.69) is 31.5 Å². The van der Waals surface area contributed by atoms with E-state index in [1.807, 2.05) is 36.4 Å². The molecule has 0 spiro atoms. The summed E-state index contributed by atoms with van der Waals surface area (Å²) in [4.78, 5) is 16.4. The van der Waals surface area contributed by atoms with Crippen molar-refractivity contribution in [1.82, 2.24) is 4.98 Å². The Morgan fingerprint density at radius 1 is 1.17 bits per heavy atom. The molecule has 2 heterocycles. The van der Waals surface area contributed by atoms with Gasteiger partial charge in [0.05, 0.1) is 18.4 Å². The van der Waals surface area contributed by atoms with Crippen molar-refractivity contribution >= 4 is 33.3 Å². The molecule has 0 radical (unpaired) electrons. The summed E-state index contributed by atoms with van der Waals surface area (Å²) in [5, 5.41) is 5.96. The lowest BCUT2D eigenvalue weighted by molar-refractivity contribution is 0.102. The monoisotopic (exact) mass is 371 g/mol. The van der Waals surface area contributed by atoms with E-state index in [4.69, 9.17) is 4.42 Å². The van der Waals surface area contributed by atoms with Crippen LogP contribution in [0.15, 0.2) is 69.9 Å². The molecule has 0 saturated carbocycles. The van der Waals surface area contributed by atoms with Crippen molar-refractivity contribution in [3.05, 3.63) is 76.8 Å². The van der Waals surface area contributed by atoms with Crippen molar-refractivity contribution < 1.29 is 9.21 Å². The molecule has 6 heteroatoms. The number of hydrogen-bond donors (Lipinski definition) is 2. The highest BCUT2D eigenvalue weighted by Gasteiger charge is 2.07. The van der Waals surface area contributed by atoms with Gasteiger partial charge in [-0.25, -0.2) is 4.98 Å². The molecule has 0 aliphatic rings. The molecule has 1 aromatic carbocycles. The van der Waals surface area contributed by atoms with Crippen LogP contribution in [-0.2, 0) is 6.54 Å². The van der Waals surface area contributed by atoms with Crippen LogP contribution in [0.3, 0.4) is 0 Å². The number of halogens is 1. The fourth-order valence-corrected chi connectivity index (χ4v) is 2.39. The first kappa shape index (κ1) is 15.3. The van der Waals surface area contributed by atoms with Crippen LogP contribution in [0.25, 0.3) is 0 Å². The first-order chi connectivity index (χ1) is 11.2. The van der Waals surface area contributed by atoms with Crippen LogP contribution < -0.4 is 10.6 Å². The average molecular weight is 372 g/mol. The van der Waals surface area contributed by atoms with E-state index in [0.29, 0.717) is 17.9 Å². The molecule has 0 aliphatic heterocycles. The number of nitrogens with zero attached hydrogens (tertiary/aromatic N) is 1. The molecule has 0 bridgehead atoms. The largest absolute Gasteiger partial charge is 0.467 e. The lowest BCUT2D eigenvalue weighted by Crippen LogP contribution is -2.12. The first-order valence-corrected chi connectivity index (χ1v) is 7.79. The number of furan rings is 1. The molecule has 0 unspecified atom stereocenters. The van der Waals surface area contributed by atoms with E-state index >= 15 is 0 Å². The van der Waals surface area contributed by atoms with Gasteiger partial charge in [-0.15, -0.1) is 0 Å². The number of pyridine rings is 1. The maximum Gasteiger partial charge on any atom is 0.257 e. The molecule has 2 N–H and O–H groups in total. The Morgan fingerprint density at radius 3 is 2.78 bits per heavy atom. The van der Waals surface area contributed by atoms with Crippen LogP contribution in [0, 0.1) is 0 Å². The van der Waals surface area contributed by atoms with E-state index in [9.17, 15) is 4.79 Å². The number of benzene rings is 1. The van der Waals surface area contributed by atoms with Crippen molar-refractivity contribution in [2.45, 2.75) is 6.54 Å². The summed E-state index contributed by atoms with van der Waals surface area (Å²) in [6, 6.07) is 14.6. The smallest absolute Gasteiger partial charge is 0.257 e. The summed E-state index contributed by atoms with van der Waals surface area (Å²) >= 11 is 3.37. The predicted molar refractivity (Wildman–Crippen MR) is 92.4 cm³/mol. The second-order valence-corrected chi connectivity index (χ2v) is 5.75. The fourth-order valence-electron chi connectivity index (χ4n) is 1.99. The number of hydrogen-bond acceptors (Lipinski definition) is 4. The Morgan fingerprint density at radius 2 is 2.09 bits per heavy atom. The van der Waals surface area contributed by atoms with E-state index in [1.54, 1.807) is 18.4 Å².